The summed E-state index contributed by atoms with van der Waals surface area (Å²) in [4.78, 5) is 16.0. The highest BCUT2D eigenvalue weighted by Gasteiger charge is 2.31. The summed E-state index contributed by atoms with van der Waals surface area (Å²) in [5.41, 5.74) is 6.55. The highest BCUT2D eigenvalue weighted by atomic mass is 19.1. The van der Waals surface area contributed by atoms with Gasteiger partial charge in [0.25, 0.3) is 0 Å². The van der Waals surface area contributed by atoms with Crippen LogP contribution < -0.4 is 0 Å². The van der Waals surface area contributed by atoms with Gasteiger partial charge in [0, 0.05) is 29.0 Å². The monoisotopic (exact) mass is 501 g/mol. The zero-order chi connectivity index (χ0) is 26.1. The summed E-state index contributed by atoms with van der Waals surface area (Å²) >= 11 is 0. The van der Waals surface area contributed by atoms with Gasteiger partial charge in [-0.25, -0.2) is 13.9 Å². The Morgan fingerprint density at radius 1 is 1.11 bits per heavy atom. The number of aliphatic carboxylic acids is 1. The van der Waals surface area contributed by atoms with E-state index < -0.39 is 24.6 Å². The second-order valence-corrected chi connectivity index (χ2v) is 9.52. The number of fused-ring (bicyclic) bond motifs is 1. The summed E-state index contributed by atoms with van der Waals surface area (Å²) in [5, 5.41) is 34.2. The number of carbonyl (C=O) groups is 1. The molecule has 0 saturated heterocycles. The van der Waals surface area contributed by atoms with Crippen LogP contribution >= 0.6 is 0 Å². The largest absolute Gasteiger partial charge is 0.481 e. The maximum Gasteiger partial charge on any atom is 0.305 e. The van der Waals surface area contributed by atoms with Gasteiger partial charge < -0.3 is 15.3 Å². The van der Waals surface area contributed by atoms with Crippen molar-refractivity contribution in [2.75, 3.05) is 0 Å². The van der Waals surface area contributed by atoms with E-state index in [1.165, 1.54) is 12.1 Å². The molecule has 5 rings (SSSR count). The lowest BCUT2D eigenvalue weighted by Crippen LogP contribution is -2.19. The Balaban J connectivity index is 1.69. The van der Waals surface area contributed by atoms with Gasteiger partial charge in [-0.3, -0.25) is 4.79 Å². The first-order valence-corrected chi connectivity index (χ1v) is 12.3. The third kappa shape index (κ3) is 5.30. The first-order chi connectivity index (χ1) is 17.8. The van der Waals surface area contributed by atoms with Crippen LogP contribution in [0.2, 0.25) is 0 Å². The van der Waals surface area contributed by atoms with Gasteiger partial charge in [-0.15, -0.1) is 0 Å². The molecule has 3 N–H and O–H groups in total. The van der Waals surface area contributed by atoms with Crippen molar-refractivity contribution in [3.8, 4) is 22.4 Å². The summed E-state index contributed by atoms with van der Waals surface area (Å²) in [5.74, 6) is -1.23. The summed E-state index contributed by atoms with van der Waals surface area (Å²) < 4.78 is 15.6. The van der Waals surface area contributed by atoms with Crippen LogP contribution in [0.5, 0.6) is 0 Å². The fourth-order valence-electron chi connectivity index (χ4n) is 4.69. The summed E-state index contributed by atoms with van der Waals surface area (Å²) in [6.45, 7) is 1.94. The molecule has 0 radical (unpaired) electrons. The first-order valence-electron chi connectivity index (χ1n) is 12.3. The molecule has 2 heterocycles. The molecule has 0 aliphatic heterocycles. The average Bonchev–Trinajstić information content (AvgIpc) is 3.65. The SMILES string of the molecule is Cc1nn2c(-c3ccc(F)cc3)c(/C=C/[C@@H](O)C[C@@H](O)CC(=O)O)c(C3CC3)nc2c1-c1ccccc1. The fourth-order valence-corrected chi connectivity index (χ4v) is 4.69. The highest BCUT2D eigenvalue weighted by molar-refractivity contribution is 5.84. The second-order valence-electron chi connectivity index (χ2n) is 9.52. The molecule has 0 unspecified atom stereocenters. The van der Waals surface area contributed by atoms with E-state index in [0.29, 0.717) is 5.65 Å². The number of rotatable bonds is 9. The zero-order valence-electron chi connectivity index (χ0n) is 20.4. The molecule has 0 bridgehead atoms. The Kier molecular flexibility index (Phi) is 6.86. The third-order valence-corrected chi connectivity index (χ3v) is 6.56. The maximum absolute atomic E-state index is 13.8. The number of aryl methyl sites for hydroxylation is 1. The van der Waals surface area contributed by atoms with Crippen molar-refractivity contribution < 1.29 is 24.5 Å². The van der Waals surface area contributed by atoms with Gasteiger partial charge >= 0.3 is 5.97 Å². The Hall–Kier alpha value is -3.88. The Morgan fingerprint density at radius 2 is 1.81 bits per heavy atom. The van der Waals surface area contributed by atoms with E-state index in [1.54, 1.807) is 28.8 Å². The van der Waals surface area contributed by atoms with Gasteiger partial charge in [-0.05, 0) is 49.6 Å². The minimum atomic E-state index is -1.17. The molecule has 0 spiro atoms. The number of aliphatic hydroxyl groups is 2. The molecule has 2 atom stereocenters. The second kappa shape index (κ2) is 10.2. The maximum atomic E-state index is 13.8. The van der Waals surface area contributed by atoms with E-state index >= 15 is 0 Å². The van der Waals surface area contributed by atoms with Crippen molar-refractivity contribution in [3.63, 3.8) is 0 Å². The van der Waals surface area contributed by atoms with Crippen LogP contribution in [0, 0.1) is 12.7 Å². The van der Waals surface area contributed by atoms with Gasteiger partial charge in [-0.2, -0.15) is 5.10 Å². The summed E-state index contributed by atoms with van der Waals surface area (Å²) in [6.07, 6.45) is 2.50. The molecule has 8 heteroatoms. The van der Waals surface area contributed by atoms with Crippen molar-refractivity contribution >= 4 is 17.7 Å². The van der Waals surface area contributed by atoms with Crippen LogP contribution in [-0.4, -0.2) is 48.1 Å². The lowest BCUT2D eigenvalue weighted by atomic mass is 9.99. The van der Waals surface area contributed by atoms with Crippen LogP contribution in [-0.2, 0) is 4.79 Å². The first kappa shape index (κ1) is 24.8. The molecule has 1 aliphatic carbocycles. The summed E-state index contributed by atoms with van der Waals surface area (Å²) in [7, 11) is 0. The minimum absolute atomic E-state index is 0.109. The molecular weight excluding hydrogens is 473 g/mol. The minimum Gasteiger partial charge on any atom is -0.481 e. The fraction of sp³-hybridized carbons (Fsp3) is 0.276. The Bertz CT molecular complexity index is 1460. The number of aliphatic hydroxyl groups excluding tert-OH is 2. The molecule has 0 amide bonds. The van der Waals surface area contributed by atoms with Crippen LogP contribution in [0.4, 0.5) is 4.39 Å². The van der Waals surface area contributed by atoms with E-state index in [0.717, 1.165) is 52.2 Å². The molecule has 4 aromatic rings. The van der Waals surface area contributed by atoms with Crippen LogP contribution in [0.1, 0.15) is 48.6 Å². The predicted molar refractivity (Wildman–Crippen MR) is 138 cm³/mol. The van der Waals surface area contributed by atoms with Gasteiger partial charge in [-0.1, -0.05) is 42.5 Å². The number of nitrogens with zero attached hydrogens (tertiary/aromatic N) is 3. The van der Waals surface area contributed by atoms with Gasteiger partial charge in [0.05, 0.1) is 35.7 Å². The Morgan fingerprint density at radius 3 is 2.46 bits per heavy atom. The number of hydrogen-bond acceptors (Lipinski definition) is 5. The normalized spacial score (nSPS) is 15.4. The molecule has 1 saturated carbocycles. The predicted octanol–water partition coefficient (Wildman–Crippen LogP) is 4.99. The number of halogens is 1. The molecule has 1 aliphatic rings. The van der Waals surface area contributed by atoms with Crippen molar-refractivity contribution in [1.82, 2.24) is 14.6 Å². The van der Waals surface area contributed by atoms with E-state index in [2.05, 4.69) is 0 Å². The van der Waals surface area contributed by atoms with E-state index in [1.807, 2.05) is 37.3 Å². The molecular formula is C29H28FN3O4. The average molecular weight is 502 g/mol. The van der Waals surface area contributed by atoms with Crippen molar-refractivity contribution in [1.29, 1.82) is 0 Å². The van der Waals surface area contributed by atoms with E-state index in [9.17, 15) is 19.4 Å². The van der Waals surface area contributed by atoms with E-state index in [4.69, 9.17) is 15.2 Å². The van der Waals surface area contributed by atoms with Crippen LogP contribution in [0.25, 0.3) is 34.1 Å². The van der Waals surface area contributed by atoms with Gasteiger partial charge in [0.15, 0.2) is 5.65 Å². The van der Waals surface area contributed by atoms with Gasteiger partial charge in [0.1, 0.15) is 5.82 Å². The van der Waals surface area contributed by atoms with Crippen LogP contribution in [0.15, 0.2) is 60.7 Å². The number of carboxylic acid groups (broad SMARTS) is 1. The Labute approximate surface area is 213 Å². The summed E-state index contributed by atoms with van der Waals surface area (Å²) in [6, 6.07) is 16.1. The molecule has 2 aromatic carbocycles. The molecule has 190 valence electrons. The van der Waals surface area contributed by atoms with Crippen molar-refractivity contribution in [3.05, 3.63) is 83.4 Å². The molecule has 37 heavy (non-hydrogen) atoms. The van der Waals surface area contributed by atoms with E-state index in [-0.39, 0.29) is 18.2 Å². The van der Waals surface area contributed by atoms with Crippen molar-refractivity contribution in [2.24, 2.45) is 0 Å². The standard InChI is InChI=1S/C29H28FN3O4/c1-17-26(18-5-3-2-4-6-18)29-31-27(19-7-8-19)24(14-13-22(34)15-23(35)16-25(36)37)28(33(29)32-17)20-9-11-21(30)12-10-20/h2-6,9-14,19,22-23,34-35H,7-8,15-16H2,1H3,(H,36,37)/b14-13+/t22-,23-/m1/s1. The van der Waals surface area contributed by atoms with Gasteiger partial charge in [0.2, 0.25) is 0 Å². The van der Waals surface area contributed by atoms with Crippen molar-refractivity contribution in [2.45, 2.75) is 50.7 Å². The van der Waals surface area contributed by atoms with Crippen LogP contribution in [0.3, 0.4) is 0 Å². The number of benzene rings is 2. The zero-order valence-corrected chi connectivity index (χ0v) is 20.4. The molecule has 1 fully saturated rings. The topological polar surface area (TPSA) is 108 Å². The number of carboxylic acids is 1. The number of aromatic nitrogens is 3. The molecule has 7 nitrogen and oxygen atoms in total. The quantitative estimate of drug-likeness (QED) is 0.298. The lowest BCUT2D eigenvalue weighted by molar-refractivity contribution is -0.139. The lowest BCUT2D eigenvalue weighted by Gasteiger charge is -2.15. The third-order valence-electron chi connectivity index (χ3n) is 6.56. The number of hydrogen-bond donors (Lipinski definition) is 3. The smallest absolute Gasteiger partial charge is 0.305 e. The molecule has 2 aromatic heterocycles. The highest BCUT2D eigenvalue weighted by Crippen LogP contribution is 2.44.